The van der Waals surface area contributed by atoms with Gasteiger partial charge in [-0.15, -0.1) is 0 Å². The minimum atomic E-state index is 0.893. The van der Waals surface area contributed by atoms with E-state index in [0.29, 0.717) is 0 Å². The van der Waals surface area contributed by atoms with Crippen molar-refractivity contribution in [2.24, 2.45) is 9.98 Å². The van der Waals surface area contributed by atoms with E-state index in [-0.39, 0.29) is 0 Å². The van der Waals surface area contributed by atoms with Crippen molar-refractivity contribution in [2.45, 2.75) is 41.0 Å². The van der Waals surface area contributed by atoms with E-state index in [1.165, 1.54) is 0 Å². The standard InChI is InChI=1S/C14H22N2/c1-7-13(8-2)15-10-12(6)16-14(9-3)11(4)5/h7,9-10H,4,8H2,1-3,5-6H3/b13-7-,14-9-,15-10?,16-12?. The van der Waals surface area contributed by atoms with Crippen LogP contribution in [0.2, 0.25) is 0 Å². The van der Waals surface area contributed by atoms with Crippen LogP contribution in [-0.2, 0) is 0 Å². The Hall–Kier alpha value is -1.44. The van der Waals surface area contributed by atoms with Crippen LogP contribution < -0.4 is 0 Å². The number of nitrogens with zero attached hydrogens (tertiary/aromatic N) is 2. The van der Waals surface area contributed by atoms with E-state index in [1.807, 2.05) is 39.8 Å². The molecule has 0 amide bonds. The van der Waals surface area contributed by atoms with Gasteiger partial charge in [-0.05, 0) is 39.7 Å². The van der Waals surface area contributed by atoms with E-state index < -0.39 is 0 Å². The predicted octanol–water partition coefficient (Wildman–Crippen LogP) is 4.31. The van der Waals surface area contributed by atoms with E-state index in [2.05, 4.69) is 23.5 Å². The summed E-state index contributed by atoms with van der Waals surface area (Å²) < 4.78 is 0. The Morgan fingerprint density at radius 3 is 2.19 bits per heavy atom. The van der Waals surface area contributed by atoms with Gasteiger partial charge in [0.25, 0.3) is 0 Å². The van der Waals surface area contributed by atoms with Gasteiger partial charge in [-0.1, -0.05) is 25.7 Å². The van der Waals surface area contributed by atoms with Crippen molar-refractivity contribution in [3.63, 3.8) is 0 Å². The molecule has 16 heavy (non-hydrogen) atoms. The highest BCUT2D eigenvalue weighted by Crippen LogP contribution is 2.08. The fourth-order valence-electron chi connectivity index (χ4n) is 1.17. The van der Waals surface area contributed by atoms with Crippen molar-refractivity contribution in [3.8, 4) is 0 Å². The highest BCUT2D eigenvalue weighted by molar-refractivity contribution is 6.30. The molecule has 0 aliphatic heterocycles. The molecular formula is C14H22N2. The molecular weight excluding hydrogens is 196 g/mol. The van der Waals surface area contributed by atoms with Gasteiger partial charge in [0.15, 0.2) is 0 Å². The maximum Gasteiger partial charge on any atom is 0.0614 e. The number of rotatable bonds is 5. The van der Waals surface area contributed by atoms with Gasteiger partial charge in [-0.25, -0.2) is 0 Å². The predicted molar refractivity (Wildman–Crippen MR) is 74.2 cm³/mol. The van der Waals surface area contributed by atoms with Crippen LogP contribution in [0.1, 0.15) is 41.0 Å². The molecule has 0 rings (SSSR count). The van der Waals surface area contributed by atoms with E-state index in [4.69, 9.17) is 0 Å². The van der Waals surface area contributed by atoms with Crippen LogP contribution in [0.3, 0.4) is 0 Å². The molecule has 0 aromatic rings. The van der Waals surface area contributed by atoms with Crippen molar-refractivity contribution in [3.05, 3.63) is 35.7 Å². The van der Waals surface area contributed by atoms with Gasteiger partial charge >= 0.3 is 0 Å². The van der Waals surface area contributed by atoms with Gasteiger partial charge in [-0.2, -0.15) is 0 Å². The molecule has 0 saturated carbocycles. The van der Waals surface area contributed by atoms with E-state index >= 15 is 0 Å². The molecule has 0 fully saturated rings. The summed E-state index contributed by atoms with van der Waals surface area (Å²) in [5.74, 6) is 0. The Labute approximate surface area is 99.2 Å². The Balaban J connectivity index is 4.76. The molecule has 2 heteroatoms. The Morgan fingerprint density at radius 2 is 1.81 bits per heavy atom. The number of allylic oxidation sites excluding steroid dienone is 4. The van der Waals surface area contributed by atoms with Crippen molar-refractivity contribution < 1.29 is 0 Å². The minimum absolute atomic E-state index is 0.893. The number of hydrogen-bond donors (Lipinski definition) is 0. The fraction of sp³-hybridized carbons (Fsp3) is 0.429. The van der Waals surface area contributed by atoms with Crippen LogP contribution in [0.15, 0.2) is 45.7 Å². The average Bonchev–Trinajstić information content (AvgIpc) is 2.26. The highest BCUT2D eigenvalue weighted by atomic mass is 14.8. The summed E-state index contributed by atoms with van der Waals surface area (Å²) in [6, 6.07) is 0. The van der Waals surface area contributed by atoms with Crippen LogP contribution in [0.4, 0.5) is 0 Å². The lowest BCUT2D eigenvalue weighted by molar-refractivity contribution is 1.07. The molecule has 0 bridgehead atoms. The van der Waals surface area contributed by atoms with Crippen LogP contribution in [-0.4, -0.2) is 11.9 Å². The first-order valence-electron chi connectivity index (χ1n) is 5.61. The zero-order valence-electron chi connectivity index (χ0n) is 11.0. The lowest BCUT2D eigenvalue weighted by atomic mass is 10.2. The third-order valence-electron chi connectivity index (χ3n) is 2.12. The molecule has 88 valence electrons. The van der Waals surface area contributed by atoms with Crippen LogP contribution in [0.5, 0.6) is 0 Å². The van der Waals surface area contributed by atoms with Crippen molar-refractivity contribution in [1.82, 2.24) is 0 Å². The molecule has 0 spiro atoms. The summed E-state index contributed by atoms with van der Waals surface area (Å²) in [5.41, 5.74) is 3.86. The fourth-order valence-corrected chi connectivity index (χ4v) is 1.17. The second kappa shape index (κ2) is 7.80. The average molecular weight is 218 g/mol. The second-order valence-electron chi connectivity index (χ2n) is 3.60. The Morgan fingerprint density at radius 1 is 1.19 bits per heavy atom. The van der Waals surface area contributed by atoms with Crippen molar-refractivity contribution in [1.29, 1.82) is 0 Å². The van der Waals surface area contributed by atoms with E-state index in [9.17, 15) is 0 Å². The van der Waals surface area contributed by atoms with Gasteiger partial charge in [0.1, 0.15) is 0 Å². The molecule has 0 atom stereocenters. The van der Waals surface area contributed by atoms with E-state index in [1.54, 1.807) is 6.21 Å². The smallest absolute Gasteiger partial charge is 0.0614 e. The molecule has 0 saturated heterocycles. The summed E-state index contributed by atoms with van der Waals surface area (Å²) >= 11 is 0. The van der Waals surface area contributed by atoms with Gasteiger partial charge in [0.05, 0.1) is 11.4 Å². The largest absolute Gasteiger partial charge is 0.260 e. The van der Waals surface area contributed by atoms with Gasteiger partial charge in [0.2, 0.25) is 0 Å². The number of aliphatic imine (C=N–C) groups is 2. The molecule has 0 heterocycles. The summed E-state index contributed by atoms with van der Waals surface area (Å²) in [4.78, 5) is 8.79. The van der Waals surface area contributed by atoms with Crippen LogP contribution >= 0.6 is 0 Å². The molecule has 2 nitrogen and oxygen atoms in total. The lowest BCUT2D eigenvalue weighted by Crippen LogP contribution is -1.95. The summed E-state index contributed by atoms with van der Waals surface area (Å²) in [7, 11) is 0. The molecule has 0 aliphatic rings. The third kappa shape index (κ3) is 5.44. The highest BCUT2D eigenvalue weighted by Gasteiger charge is 1.94. The maximum absolute atomic E-state index is 4.44. The molecule has 0 N–H and O–H groups in total. The first kappa shape index (κ1) is 14.6. The maximum atomic E-state index is 4.44. The zero-order chi connectivity index (χ0) is 12.6. The molecule has 0 aromatic heterocycles. The van der Waals surface area contributed by atoms with Gasteiger partial charge in [0, 0.05) is 11.9 Å². The quantitative estimate of drug-likeness (QED) is 0.485. The van der Waals surface area contributed by atoms with E-state index in [0.717, 1.165) is 29.1 Å². The Kier molecular flexibility index (Phi) is 7.10. The summed E-state index contributed by atoms with van der Waals surface area (Å²) in [5, 5.41) is 0. The third-order valence-corrected chi connectivity index (χ3v) is 2.12. The first-order chi connectivity index (χ1) is 7.54. The summed E-state index contributed by atoms with van der Waals surface area (Å²) in [6.45, 7) is 13.8. The van der Waals surface area contributed by atoms with Crippen molar-refractivity contribution in [2.75, 3.05) is 0 Å². The Bertz CT molecular complexity index is 355. The summed E-state index contributed by atoms with van der Waals surface area (Å²) in [6.07, 6.45) is 6.71. The first-order valence-corrected chi connectivity index (χ1v) is 5.61. The van der Waals surface area contributed by atoms with Crippen LogP contribution in [0.25, 0.3) is 0 Å². The number of hydrogen-bond acceptors (Lipinski definition) is 2. The normalized spacial score (nSPS) is 14.7. The molecule has 0 aromatic carbocycles. The monoisotopic (exact) mass is 218 g/mol. The minimum Gasteiger partial charge on any atom is -0.260 e. The SMILES string of the molecule is C=C(C)/C(=C/C)N=C(C)C=N/C(=C\C)CC. The topological polar surface area (TPSA) is 24.7 Å². The van der Waals surface area contributed by atoms with Gasteiger partial charge in [-0.3, -0.25) is 9.98 Å². The zero-order valence-corrected chi connectivity index (χ0v) is 11.0. The molecule has 0 radical (unpaired) electrons. The molecule has 0 unspecified atom stereocenters. The van der Waals surface area contributed by atoms with Crippen LogP contribution in [0, 0.1) is 0 Å². The lowest BCUT2D eigenvalue weighted by Gasteiger charge is -2.00. The van der Waals surface area contributed by atoms with Gasteiger partial charge < -0.3 is 0 Å². The second-order valence-corrected chi connectivity index (χ2v) is 3.60. The van der Waals surface area contributed by atoms with Crippen molar-refractivity contribution >= 4 is 11.9 Å². The molecule has 0 aliphatic carbocycles.